The zero-order valence-electron chi connectivity index (χ0n) is 19.0. The van der Waals surface area contributed by atoms with Crippen molar-refractivity contribution in [3.05, 3.63) is 112 Å². The van der Waals surface area contributed by atoms with Crippen LogP contribution in [0.2, 0.25) is 0 Å². The van der Waals surface area contributed by atoms with Crippen LogP contribution in [0, 0.1) is 5.82 Å². The molecule has 1 aromatic heterocycles. The first-order valence-corrected chi connectivity index (χ1v) is 11.7. The topological polar surface area (TPSA) is 26.6 Å². The highest BCUT2D eigenvalue weighted by atomic mass is 79.9. The molecule has 0 aliphatic carbocycles. The van der Waals surface area contributed by atoms with Crippen molar-refractivity contribution in [2.75, 3.05) is 27.7 Å². The SMILES string of the molecule is COc1nc2ccc(Br)cc2cc1C(/C(=C/C[NH+](C)C)c1cccc(F)c1)c1ccccc1. The van der Waals surface area contributed by atoms with Gasteiger partial charge in [-0.25, -0.2) is 9.37 Å². The number of nitrogens with zero attached hydrogens (tertiary/aromatic N) is 1. The number of fused-ring (bicyclic) bond motifs is 1. The van der Waals surface area contributed by atoms with E-state index in [2.05, 4.69) is 60.4 Å². The van der Waals surface area contributed by atoms with Crippen molar-refractivity contribution in [1.82, 2.24) is 4.98 Å². The van der Waals surface area contributed by atoms with Crippen molar-refractivity contribution in [3.63, 3.8) is 0 Å². The molecule has 0 aliphatic rings. The number of nitrogens with one attached hydrogen (secondary N) is 1. The Hall–Kier alpha value is -3.02. The molecule has 0 saturated heterocycles. The lowest BCUT2D eigenvalue weighted by molar-refractivity contribution is -0.851. The number of allylic oxidation sites excluding steroid dienone is 1. The molecule has 0 amide bonds. The van der Waals surface area contributed by atoms with Gasteiger partial charge in [-0.05, 0) is 59.2 Å². The fraction of sp³-hybridized carbons (Fsp3) is 0.179. The third-order valence-electron chi connectivity index (χ3n) is 5.61. The van der Waals surface area contributed by atoms with E-state index in [1.165, 1.54) is 11.0 Å². The Morgan fingerprint density at radius 1 is 1.03 bits per heavy atom. The van der Waals surface area contributed by atoms with Crippen molar-refractivity contribution in [1.29, 1.82) is 0 Å². The van der Waals surface area contributed by atoms with Crippen LogP contribution in [-0.4, -0.2) is 32.7 Å². The maximum atomic E-state index is 14.3. The average molecular weight is 506 g/mol. The molecule has 3 aromatic carbocycles. The third-order valence-corrected chi connectivity index (χ3v) is 6.10. The summed E-state index contributed by atoms with van der Waals surface area (Å²) in [7, 11) is 5.86. The lowest BCUT2D eigenvalue weighted by Crippen LogP contribution is -3.05. The monoisotopic (exact) mass is 505 g/mol. The Balaban J connectivity index is 2.01. The number of halogens is 2. The maximum absolute atomic E-state index is 14.3. The summed E-state index contributed by atoms with van der Waals surface area (Å²) >= 11 is 3.57. The van der Waals surface area contributed by atoms with E-state index < -0.39 is 0 Å². The molecule has 0 bridgehead atoms. The van der Waals surface area contributed by atoms with Gasteiger partial charge in [0.25, 0.3) is 0 Å². The van der Waals surface area contributed by atoms with E-state index in [-0.39, 0.29) is 11.7 Å². The predicted molar refractivity (Wildman–Crippen MR) is 136 cm³/mol. The first kappa shape index (κ1) is 23.1. The van der Waals surface area contributed by atoms with Gasteiger partial charge >= 0.3 is 0 Å². The molecule has 5 heteroatoms. The van der Waals surface area contributed by atoms with E-state index in [0.29, 0.717) is 5.88 Å². The van der Waals surface area contributed by atoms with Gasteiger partial charge in [-0.1, -0.05) is 58.4 Å². The van der Waals surface area contributed by atoms with E-state index in [1.54, 1.807) is 19.2 Å². The molecule has 0 radical (unpaired) electrons. The first-order chi connectivity index (χ1) is 16.0. The smallest absolute Gasteiger partial charge is 0.217 e. The standard InChI is InChI=1S/C28H26BrFN2O/c1-32(2)15-14-24(20-10-7-11-23(30)17-20)27(19-8-5-4-6-9-19)25-18-21-16-22(29)12-13-26(21)31-28(25)33-3/h4-14,16-18,27H,15H2,1-3H3/p+1/b24-14+. The third kappa shape index (κ3) is 5.32. The van der Waals surface area contributed by atoms with Crippen LogP contribution in [0.15, 0.2) is 89.4 Å². The van der Waals surface area contributed by atoms with Crippen LogP contribution in [0.5, 0.6) is 5.88 Å². The number of aromatic nitrogens is 1. The number of quaternary nitrogens is 1. The van der Waals surface area contributed by atoms with Gasteiger partial charge in [0.05, 0.1) is 33.3 Å². The van der Waals surface area contributed by atoms with Gasteiger partial charge in [0, 0.05) is 21.3 Å². The number of benzene rings is 3. The minimum absolute atomic E-state index is 0.182. The van der Waals surface area contributed by atoms with Crippen molar-refractivity contribution in [2.45, 2.75) is 5.92 Å². The molecule has 1 unspecified atom stereocenters. The van der Waals surface area contributed by atoms with Crippen LogP contribution < -0.4 is 9.64 Å². The summed E-state index contributed by atoms with van der Waals surface area (Å²) in [4.78, 5) is 6.10. The number of ether oxygens (including phenoxy) is 1. The van der Waals surface area contributed by atoms with E-state index >= 15 is 0 Å². The second kappa shape index (κ2) is 10.3. The number of rotatable bonds is 7. The molecule has 1 heterocycles. The Bertz CT molecular complexity index is 1290. The second-order valence-corrected chi connectivity index (χ2v) is 9.26. The number of likely N-dealkylation sites (N-methyl/N-ethyl adjacent to an activating group) is 1. The second-order valence-electron chi connectivity index (χ2n) is 8.35. The lowest BCUT2D eigenvalue weighted by Gasteiger charge is -2.24. The van der Waals surface area contributed by atoms with Crippen LogP contribution in [0.1, 0.15) is 22.6 Å². The summed E-state index contributed by atoms with van der Waals surface area (Å²) in [5.41, 5.74) is 4.77. The van der Waals surface area contributed by atoms with Gasteiger partial charge in [-0.15, -0.1) is 0 Å². The van der Waals surface area contributed by atoms with Gasteiger partial charge in [0.1, 0.15) is 5.82 Å². The van der Waals surface area contributed by atoms with Crippen molar-refractivity contribution in [3.8, 4) is 5.88 Å². The van der Waals surface area contributed by atoms with Gasteiger partial charge in [0.15, 0.2) is 0 Å². The molecule has 0 fully saturated rings. The molecule has 0 aliphatic heterocycles. The number of hydrogen-bond donors (Lipinski definition) is 1. The molecule has 0 spiro atoms. The van der Waals surface area contributed by atoms with Crippen LogP contribution in [0.25, 0.3) is 16.5 Å². The molecule has 3 nitrogen and oxygen atoms in total. The minimum atomic E-state index is -0.255. The minimum Gasteiger partial charge on any atom is -0.481 e. The largest absolute Gasteiger partial charge is 0.481 e. The molecule has 168 valence electrons. The van der Waals surface area contributed by atoms with Crippen LogP contribution >= 0.6 is 15.9 Å². The molecule has 4 rings (SSSR count). The Morgan fingerprint density at radius 2 is 1.82 bits per heavy atom. The normalized spacial score (nSPS) is 12.8. The highest BCUT2D eigenvalue weighted by molar-refractivity contribution is 9.10. The van der Waals surface area contributed by atoms with Crippen molar-refractivity contribution in [2.24, 2.45) is 0 Å². The number of methoxy groups -OCH3 is 1. The molecular formula is C28H27BrFN2O+. The van der Waals surface area contributed by atoms with Crippen LogP contribution in [0.4, 0.5) is 4.39 Å². The summed E-state index contributed by atoms with van der Waals surface area (Å²) < 4.78 is 21.1. The molecule has 4 aromatic rings. The molecule has 0 saturated carbocycles. The Morgan fingerprint density at radius 3 is 2.52 bits per heavy atom. The summed E-state index contributed by atoms with van der Waals surface area (Å²) in [5, 5.41) is 1.01. The van der Waals surface area contributed by atoms with Gasteiger partial charge in [0.2, 0.25) is 5.88 Å². The van der Waals surface area contributed by atoms with Gasteiger partial charge in [-0.3, -0.25) is 0 Å². The summed E-state index contributed by atoms with van der Waals surface area (Å²) in [5.74, 6) is 0.131. The van der Waals surface area contributed by atoms with E-state index in [4.69, 9.17) is 9.72 Å². The van der Waals surface area contributed by atoms with E-state index in [1.807, 2.05) is 36.4 Å². The predicted octanol–water partition coefficient (Wildman–Crippen LogP) is 5.51. The number of hydrogen-bond acceptors (Lipinski definition) is 2. The lowest BCUT2D eigenvalue weighted by atomic mass is 9.81. The Labute approximate surface area is 202 Å². The van der Waals surface area contributed by atoms with Crippen LogP contribution in [-0.2, 0) is 0 Å². The first-order valence-electron chi connectivity index (χ1n) is 10.9. The summed E-state index contributed by atoms with van der Waals surface area (Å²) in [6.45, 7) is 0.796. The fourth-order valence-corrected chi connectivity index (χ4v) is 4.45. The fourth-order valence-electron chi connectivity index (χ4n) is 4.07. The van der Waals surface area contributed by atoms with Crippen LogP contribution in [0.3, 0.4) is 0 Å². The van der Waals surface area contributed by atoms with Gasteiger partial charge in [-0.2, -0.15) is 0 Å². The molecule has 1 N–H and O–H groups in total. The number of pyridine rings is 1. The van der Waals surface area contributed by atoms with E-state index in [9.17, 15) is 4.39 Å². The van der Waals surface area contributed by atoms with Crippen molar-refractivity contribution >= 4 is 32.4 Å². The molecule has 33 heavy (non-hydrogen) atoms. The van der Waals surface area contributed by atoms with Gasteiger partial charge < -0.3 is 9.64 Å². The maximum Gasteiger partial charge on any atom is 0.217 e. The highest BCUT2D eigenvalue weighted by Gasteiger charge is 2.26. The molecular weight excluding hydrogens is 479 g/mol. The van der Waals surface area contributed by atoms with Crippen molar-refractivity contribution < 1.29 is 14.0 Å². The highest BCUT2D eigenvalue weighted by Crippen LogP contribution is 2.42. The molecule has 1 atom stereocenters. The zero-order chi connectivity index (χ0) is 23.4. The summed E-state index contributed by atoms with van der Waals surface area (Å²) in [6, 6.07) is 25.2. The Kier molecular flexibility index (Phi) is 7.21. The summed E-state index contributed by atoms with van der Waals surface area (Å²) in [6.07, 6.45) is 2.20. The van der Waals surface area contributed by atoms with E-state index in [0.717, 1.165) is 44.2 Å². The average Bonchev–Trinajstić information content (AvgIpc) is 2.81. The quantitative estimate of drug-likeness (QED) is 0.358. The zero-order valence-corrected chi connectivity index (χ0v) is 20.6.